The Kier molecular flexibility index (Phi) is 3.53. The van der Waals surface area contributed by atoms with Gasteiger partial charge in [0.25, 0.3) is 0 Å². The second kappa shape index (κ2) is 6.80. The van der Waals surface area contributed by atoms with Crippen molar-refractivity contribution >= 4 is 54.1 Å². The van der Waals surface area contributed by atoms with Crippen molar-refractivity contribution in [1.29, 1.82) is 0 Å². The van der Waals surface area contributed by atoms with E-state index in [2.05, 4.69) is 112 Å². The number of fused-ring (bicyclic) bond motifs is 1. The molecule has 3 heteroatoms. The van der Waals surface area contributed by atoms with Crippen LogP contribution in [0.25, 0.3) is 82.3 Å². The molecule has 0 atom stereocenters. The SMILES string of the molecule is c1cnc(-c2ccc(-n3c4ccc5cccc6c5c4c4c5c(ccc7cccc-6c75)ccc43)cc2)nc1. The topological polar surface area (TPSA) is 30.7 Å². The average molecular weight is 470 g/mol. The van der Waals surface area contributed by atoms with Gasteiger partial charge in [-0.15, -0.1) is 0 Å². The lowest BCUT2D eigenvalue weighted by Crippen LogP contribution is -1.95. The van der Waals surface area contributed by atoms with Crippen molar-refractivity contribution < 1.29 is 0 Å². The minimum absolute atomic E-state index is 0.742. The molecule has 37 heavy (non-hydrogen) atoms. The molecule has 0 radical (unpaired) electrons. The first-order valence-electron chi connectivity index (χ1n) is 12.6. The van der Waals surface area contributed by atoms with E-state index in [1.807, 2.05) is 6.07 Å². The number of hydrogen-bond donors (Lipinski definition) is 0. The number of nitrogens with zero attached hydrogens (tertiary/aromatic N) is 3. The summed E-state index contributed by atoms with van der Waals surface area (Å²) in [5.74, 6) is 0.742. The van der Waals surface area contributed by atoms with Crippen LogP contribution in [0.4, 0.5) is 0 Å². The summed E-state index contributed by atoms with van der Waals surface area (Å²) in [7, 11) is 0. The molecule has 0 saturated carbocycles. The van der Waals surface area contributed by atoms with E-state index in [1.165, 1.54) is 65.3 Å². The molecule has 1 aliphatic rings. The Hall–Kier alpha value is -5.02. The highest BCUT2D eigenvalue weighted by molar-refractivity contribution is 6.38. The van der Waals surface area contributed by atoms with Crippen molar-refractivity contribution in [2.75, 3.05) is 0 Å². The van der Waals surface area contributed by atoms with Crippen molar-refractivity contribution in [3.05, 3.63) is 116 Å². The second-order valence-corrected chi connectivity index (χ2v) is 9.85. The van der Waals surface area contributed by atoms with Gasteiger partial charge in [0.1, 0.15) is 0 Å². The van der Waals surface area contributed by atoms with Gasteiger partial charge in [-0.2, -0.15) is 0 Å². The Morgan fingerprint density at radius 1 is 0.432 bits per heavy atom. The Balaban J connectivity index is 1.48. The van der Waals surface area contributed by atoms with Gasteiger partial charge in [-0.1, -0.05) is 60.7 Å². The molecule has 0 unspecified atom stereocenters. The Morgan fingerprint density at radius 2 is 0.973 bits per heavy atom. The van der Waals surface area contributed by atoms with Crippen molar-refractivity contribution in [3.63, 3.8) is 0 Å². The highest BCUT2D eigenvalue weighted by Gasteiger charge is 2.24. The molecule has 170 valence electrons. The van der Waals surface area contributed by atoms with Gasteiger partial charge in [0.2, 0.25) is 0 Å². The van der Waals surface area contributed by atoms with Crippen molar-refractivity contribution in [1.82, 2.24) is 14.5 Å². The third kappa shape index (κ3) is 2.41. The van der Waals surface area contributed by atoms with Crippen molar-refractivity contribution in [3.8, 4) is 28.2 Å². The molecule has 8 aromatic rings. The normalized spacial score (nSPS) is 12.3. The largest absolute Gasteiger partial charge is 0.309 e. The fraction of sp³-hybridized carbons (Fsp3) is 0. The maximum atomic E-state index is 4.43. The average Bonchev–Trinajstić information content (AvgIpc) is 3.24. The molecule has 0 saturated heterocycles. The van der Waals surface area contributed by atoms with Gasteiger partial charge in [-0.05, 0) is 80.5 Å². The van der Waals surface area contributed by atoms with E-state index < -0.39 is 0 Å². The van der Waals surface area contributed by atoms with Crippen LogP contribution in [0.5, 0.6) is 0 Å². The molecule has 0 spiro atoms. The molecule has 2 aromatic heterocycles. The quantitative estimate of drug-likeness (QED) is 0.237. The highest BCUT2D eigenvalue weighted by Crippen LogP contribution is 2.49. The predicted octanol–water partition coefficient (Wildman–Crippen LogP) is 8.68. The molecule has 6 aromatic carbocycles. The first-order valence-corrected chi connectivity index (χ1v) is 12.6. The first kappa shape index (κ1) is 19.2. The van der Waals surface area contributed by atoms with Crippen LogP contribution in [0.2, 0.25) is 0 Å². The molecule has 2 heterocycles. The van der Waals surface area contributed by atoms with Crippen LogP contribution in [-0.4, -0.2) is 14.5 Å². The van der Waals surface area contributed by atoms with E-state index in [0.717, 1.165) is 17.1 Å². The van der Waals surface area contributed by atoms with Crippen LogP contribution in [0, 0.1) is 0 Å². The molecule has 0 amide bonds. The van der Waals surface area contributed by atoms with E-state index in [4.69, 9.17) is 0 Å². The van der Waals surface area contributed by atoms with Gasteiger partial charge in [0.15, 0.2) is 5.82 Å². The molecule has 0 bridgehead atoms. The Labute approximate surface area is 212 Å². The molecule has 0 N–H and O–H groups in total. The van der Waals surface area contributed by atoms with Crippen molar-refractivity contribution in [2.24, 2.45) is 0 Å². The monoisotopic (exact) mass is 469 g/mol. The zero-order valence-corrected chi connectivity index (χ0v) is 19.8. The van der Waals surface area contributed by atoms with Gasteiger partial charge in [-0.3, -0.25) is 0 Å². The van der Waals surface area contributed by atoms with E-state index in [0.29, 0.717) is 0 Å². The predicted molar refractivity (Wildman–Crippen MR) is 153 cm³/mol. The molecule has 3 nitrogen and oxygen atoms in total. The molecule has 9 rings (SSSR count). The van der Waals surface area contributed by atoms with Gasteiger partial charge in [0.05, 0.1) is 11.0 Å². The van der Waals surface area contributed by atoms with Gasteiger partial charge < -0.3 is 4.57 Å². The standard InChI is InChI=1S/C34H19N3/c1-4-20-8-9-22-13-17-28-33-31(22)29(20)25(6-1)26-7-2-5-21-12-16-27(32(33)30(21)26)37(28)24-14-10-23(11-15-24)34-35-18-3-19-36-34/h1-19H. The van der Waals surface area contributed by atoms with Crippen molar-refractivity contribution in [2.45, 2.75) is 0 Å². The summed E-state index contributed by atoms with van der Waals surface area (Å²) in [4.78, 5) is 8.85. The number of rotatable bonds is 2. The molecular weight excluding hydrogens is 450 g/mol. The zero-order chi connectivity index (χ0) is 24.1. The molecule has 0 fully saturated rings. The minimum atomic E-state index is 0.742. The minimum Gasteiger partial charge on any atom is -0.309 e. The Morgan fingerprint density at radius 3 is 1.62 bits per heavy atom. The maximum Gasteiger partial charge on any atom is 0.159 e. The third-order valence-electron chi connectivity index (χ3n) is 8.00. The third-order valence-corrected chi connectivity index (χ3v) is 8.00. The number of hydrogen-bond acceptors (Lipinski definition) is 2. The lowest BCUT2D eigenvalue weighted by molar-refractivity contribution is 1.16. The van der Waals surface area contributed by atoms with E-state index >= 15 is 0 Å². The van der Waals surface area contributed by atoms with Gasteiger partial charge >= 0.3 is 0 Å². The first-order chi connectivity index (χ1) is 18.4. The lowest BCUT2D eigenvalue weighted by atomic mass is 9.93. The maximum absolute atomic E-state index is 4.43. The number of aromatic nitrogens is 3. The number of benzene rings is 6. The van der Waals surface area contributed by atoms with Crippen LogP contribution < -0.4 is 0 Å². The summed E-state index contributed by atoms with van der Waals surface area (Å²) in [5, 5.41) is 10.6. The molecule has 1 aliphatic carbocycles. The highest BCUT2D eigenvalue weighted by atomic mass is 15.0. The van der Waals surface area contributed by atoms with Crippen LogP contribution in [0.3, 0.4) is 0 Å². The zero-order valence-electron chi connectivity index (χ0n) is 19.8. The summed E-state index contributed by atoms with van der Waals surface area (Å²) in [6.45, 7) is 0. The van der Waals surface area contributed by atoms with Crippen LogP contribution >= 0.6 is 0 Å². The summed E-state index contributed by atoms with van der Waals surface area (Å²) in [5.41, 5.74) is 7.25. The lowest BCUT2D eigenvalue weighted by Gasteiger charge is -2.14. The smallest absolute Gasteiger partial charge is 0.159 e. The fourth-order valence-corrected chi connectivity index (χ4v) is 6.50. The Bertz CT molecular complexity index is 2220. The van der Waals surface area contributed by atoms with E-state index in [9.17, 15) is 0 Å². The second-order valence-electron chi connectivity index (χ2n) is 9.85. The molecular formula is C34H19N3. The van der Waals surface area contributed by atoms with Crippen LogP contribution in [0.15, 0.2) is 116 Å². The molecule has 0 aliphatic heterocycles. The summed E-state index contributed by atoms with van der Waals surface area (Å²) < 4.78 is 2.42. The summed E-state index contributed by atoms with van der Waals surface area (Å²) in [6, 6.07) is 37.6. The summed E-state index contributed by atoms with van der Waals surface area (Å²) in [6.07, 6.45) is 3.57. The van der Waals surface area contributed by atoms with Crippen LogP contribution in [0.1, 0.15) is 0 Å². The van der Waals surface area contributed by atoms with Crippen LogP contribution in [-0.2, 0) is 0 Å². The van der Waals surface area contributed by atoms with Gasteiger partial charge in [0, 0.05) is 39.8 Å². The van der Waals surface area contributed by atoms with Gasteiger partial charge in [-0.25, -0.2) is 9.97 Å². The van der Waals surface area contributed by atoms with E-state index in [1.54, 1.807) is 12.4 Å². The fourth-order valence-electron chi connectivity index (χ4n) is 6.50. The van der Waals surface area contributed by atoms with E-state index in [-0.39, 0.29) is 0 Å². The summed E-state index contributed by atoms with van der Waals surface area (Å²) >= 11 is 0.